The molecule has 0 spiro atoms. The molecule has 16 heavy (non-hydrogen) atoms. The van der Waals surface area contributed by atoms with Crippen molar-refractivity contribution in [3.05, 3.63) is 0 Å². The van der Waals surface area contributed by atoms with Gasteiger partial charge < -0.3 is 11.1 Å². The van der Waals surface area contributed by atoms with Crippen LogP contribution < -0.4 is 11.1 Å². The lowest BCUT2D eigenvalue weighted by atomic mass is 9.82. The van der Waals surface area contributed by atoms with Crippen molar-refractivity contribution < 1.29 is 4.79 Å². The van der Waals surface area contributed by atoms with Gasteiger partial charge >= 0.3 is 0 Å². The van der Waals surface area contributed by atoms with Gasteiger partial charge in [-0.3, -0.25) is 4.79 Å². The van der Waals surface area contributed by atoms with E-state index in [-0.39, 0.29) is 11.8 Å². The fourth-order valence-corrected chi connectivity index (χ4v) is 2.54. The molecule has 1 aliphatic carbocycles. The minimum atomic E-state index is -0.545. The molecule has 1 fully saturated rings. The van der Waals surface area contributed by atoms with Crippen molar-refractivity contribution >= 4 is 5.91 Å². The molecule has 0 bridgehead atoms. The second-order valence-corrected chi connectivity index (χ2v) is 5.36. The van der Waals surface area contributed by atoms with Gasteiger partial charge in [-0.05, 0) is 25.7 Å². The number of carbonyl (C=O) groups is 1. The molecular weight excluding hydrogens is 200 g/mol. The Morgan fingerprint density at radius 3 is 2.44 bits per heavy atom. The zero-order chi connectivity index (χ0) is 12.2. The molecule has 94 valence electrons. The molecule has 0 heterocycles. The van der Waals surface area contributed by atoms with Crippen molar-refractivity contribution in [1.82, 2.24) is 5.32 Å². The third-order valence-corrected chi connectivity index (χ3v) is 4.22. The molecule has 3 nitrogen and oxygen atoms in total. The normalized spacial score (nSPS) is 23.7. The first kappa shape index (κ1) is 13.5. The van der Waals surface area contributed by atoms with Crippen LogP contribution in [0, 0.1) is 5.92 Å². The summed E-state index contributed by atoms with van der Waals surface area (Å²) in [6, 6.07) is 0.472. The van der Waals surface area contributed by atoms with E-state index in [1.165, 1.54) is 32.1 Å². The number of amides is 1. The molecule has 2 atom stereocenters. The number of nitrogens with two attached hydrogens (primary N) is 1. The SMILES string of the molecule is CCC(C)C(C)(NC1CCCCC1)C(N)=O. The molecule has 1 aliphatic rings. The maximum atomic E-state index is 11.7. The van der Waals surface area contributed by atoms with Gasteiger partial charge in [-0.25, -0.2) is 0 Å². The molecule has 3 N–H and O–H groups in total. The highest BCUT2D eigenvalue weighted by Crippen LogP contribution is 2.25. The lowest BCUT2D eigenvalue weighted by molar-refractivity contribution is -0.126. The highest BCUT2D eigenvalue weighted by molar-refractivity contribution is 5.84. The van der Waals surface area contributed by atoms with Gasteiger partial charge in [0, 0.05) is 6.04 Å². The van der Waals surface area contributed by atoms with E-state index in [1.54, 1.807) is 0 Å². The molecule has 1 saturated carbocycles. The smallest absolute Gasteiger partial charge is 0.237 e. The Kier molecular flexibility index (Phi) is 4.78. The Morgan fingerprint density at radius 2 is 2.00 bits per heavy atom. The van der Waals surface area contributed by atoms with Gasteiger partial charge in [0.2, 0.25) is 5.91 Å². The van der Waals surface area contributed by atoms with Crippen LogP contribution >= 0.6 is 0 Å². The molecule has 0 saturated heterocycles. The monoisotopic (exact) mass is 226 g/mol. The largest absolute Gasteiger partial charge is 0.368 e. The summed E-state index contributed by atoms with van der Waals surface area (Å²) >= 11 is 0. The standard InChI is InChI=1S/C13H26N2O/c1-4-10(2)13(3,12(14)16)15-11-8-6-5-7-9-11/h10-11,15H,4-9H2,1-3H3,(H2,14,16). The third-order valence-electron chi connectivity index (χ3n) is 4.22. The van der Waals surface area contributed by atoms with Crippen LogP contribution in [0.4, 0.5) is 0 Å². The van der Waals surface area contributed by atoms with E-state index in [0.717, 1.165) is 6.42 Å². The molecule has 0 aromatic rings. The number of carbonyl (C=O) groups excluding carboxylic acids is 1. The van der Waals surface area contributed by atoms with Gasteiger partial charge in [-0.2, -0.15) is 0 Å². The summed E-state index contributed by atoms with van der Waals surface area (Å²) < 4.78 is 0. The Morgan fingerprint density at radius 1 is 1.44 bits per heavy atom. The molecular formula is C13H26N2O. The minimum Gasteiger partial charge on any atom is -0.368 e. The molecule has 2 unspecified atom stereocenters. The summed E-state index contributed by atoms with van der Waals surface area (Å²) in [6.07, 6.45) is 7.20. The minimum absolute atomic E-state index is 0.215. The maximum absolute atomic E-state index is 11.7. The lowest BCUT2D eigenvalue weighted by Crippen LogP contribution is -2.60. The van der Waals surface area contributed by atoms with Gasteiger partial charge in [0.15, 0.2) is 0 Å². The Hall–Kier alpha value is -0.570. The van der Waals surface area contributed by atoms with E-state index in [4.69, 9.17) is 5.73 Å². The molecule has 0 radical (unpaired) electrons. The van der Waals surface area contributed by atoms with E-state index in [9.17, 15) is 4.79 Å². The van der Waals surface area contributed by atoms with Crippen LogP contribution in [-0.4, -0.2) is 17.5 Å². The van der Waals surface area contributed by atoms with Gasteiger partial charge in [-0.1, -0.05) is 39.5 Å². The number of nitrogens with one attached hydrogen (secondary N) is 1. The zero-order valence-corrected chi connectivity index (χ0v) is 10.9. The van der Waals surface area contributed by atoms with Gasteiger partial charge in [0.05, 0.1) is 5.54 Å². The van der Waals surface area contributed by atoms with E-state index in [1.807, 2.05) is 6.92 Å². The lowest BCUT2D eigenvalue weighted by Gasteiger charge is -2.38. The van der Waals surface area contributed by atoms with Crippen LogP contribution in [-0.2, 0) is 4.79 Å². The summed E-state index contributed by atoms with van der Waals surface area (Å²) in [7, 11) is 0. The Balaban J connectivity index is 2.66. The quantitative estimate of drug-likeness (QED) is 0.755. The Bertz CT molecular complexity index is 236. The third kappa shape index (κ3) is 2.97. The highest BCUT2D eigenvalue weighted by Gasteiger charge is 2.37. The van der Waals surface area contributed by atoms with Crippen LogP contribution in [0.15, 0.2) is 0 Å². The number of rotatable bonds is 5. The molecule has 1 rings (SSSR count). The number of primary amides is 1. The van der Waals surface area contributed by atoms with Crippen molar-refractivity contribution in [2.45, 2.75) is 70.9 Å². The van der Waals surface area contributed by atoms with Crippen LogP contribution in [0.3, 0.4) is 0 Å². The molecule has 1 amide bonds. The van der Waals surface area contributed by atoms with Crippen LogP contribution in [0.1, 0.15) is 59.3 Å². The van der Waals surface area contributed by atoms with Gasteiger partial charge in [-0.15, -0.1) is 0 Å². The zero-order valence-electron chi connectivity index (χ0n) is 10.9. The summed E-state index contributed by atoms with van der Waals surface area (Å²) in [6.45, 7) is 6.16. The fraction of sp³-hybridized carbons (Fsp3) is 0.923. The maximum Gasteiger partial charge on any atom is 0.237 e. The molecule has 3 heteroatoms. The second-order valence-electron chi connectivity index (χ2n) is 5.36. The van der Waals surface area contributed by atoms with E-state index < -0.39 is 5.54 Å². The first-order valence-electron chi connectivity index (χ1n) is 6.58. The van der Waals surface area contributed by atoms with Gasteiger partial charge in [0.1, 0.15) is 0 Å². The molecule has 0 aliphatic heterocycles. The number of hydrogen-bond acceptors (Lipinski definition) is 2. The van der Waals surface area contributed by atoms with Crippen molar-refractivity contribution in [1.29, 1.82) is 0 Å². The second kappa shape index (κ2) is 5.67. The van der Waals surface area contributed by atoms with Crippen molar-refractivity contribution in [3.8, 4) is 0 Å². The van der Waals surface area contributed by atoms with Crippen molar-refractivity contribution in [2.75, 3.05) is 0 Å². The van der Waals surface area contributed by atoms with E-state index >= 15 is 0 Å². The number of hydrogen-bond donors (Lipinski definition) is 2. The Labute approximate surface area is 99.2 Å². The topological polar surface area (TPSA) is 55.1 Å². The first-order chi connectivity index (χ1) is 7.50. The van der Waals surface area contributed by atoms with Crippen molar-refractivity contribution in [2.24, 2.45) is 11.7 Å². The molecule has 0 aromatic heterocycles. The van der Waals surface area contributed by atoms with E-state index in [0.29, 0.717) is 6.04 Å². The first-order valence-corrected chi connectivity index (χ1v) is 6.58. The van der Waals surface area contributed by atoms with E-state index in [2.05, 4.69) is 19.2 Å². The fourth-order valence-electron chi connectivity index (χ4n) is 2.54. The van der Waals surface area contributed by atoms with Crippen LogP contribution in [0.2, 0.25) is 0 Å². The van der Waals surface area contributed by atoms with Crippen LogP contribution in [0.25, 0.3) is 0 Å². The molecule has 0 aromatic carbocycles. The summed E-state index contributed by atoms with van der Waals surface area (Å²) in [4.78, 5) is 11.7. The van der Waals surface area contributed by atoms with Gasteiger partial charge in [0.25, 0.3) is 0 Å². The van der Waals surface area contributed by atoms with Crippen molar-refractivity contribution in [3.63, 3.8) is 0 Å². The van der Waals surface area contributed by atoms with Crippen LogP contribution in [0.5, 0.6) is 0 Å². The highest BCUT2D eigenvalue weighted by atomic mass is 16.1. The summed E-state index contributed by atoms with van der Waals surface area (Å²) in [5.74, 6) is 0.0688. The summed E-state index contributed by atoms with van der Waals surface area (Å²) in [5, 5.41) is 3.51. The predicted octanol–water partition coefficient (Wildman–Crippen LogP) is 2.20. The average molecular weight is 226 g/mol. The predicted molar refractivity (Wildman–Crippen MR) is 67.1 cm³/mol. The summed E-state index contributed by atoms with van der Waals surface area (Å²) in [5.41, 5.74) is 5.02. The average Bonchev–Trinajstić information content (AvgIpc) is 2.28.